The van der Waals surface area contributed by atoms with E-state index in [9.17, 15) is 4.79 Å². The maximum absolute atomic E-state index is 12.7. The molecule has 2 aliphatic rings. The molecule has 1 spiro atoms. The Bertz CT molecular complexity index is 491. The molecule has 1 atom stereocenters. The van der Waals surface area contributed by atoms with Crippen LogP contribution in [0.1, 0.15) is 49.4 Å². The summed E-state index contributed by atoms with van der Waals surface area (Å²) in [7, 11) is 0. The number of ketones is 1. The Hall–Kier alpha value is -1.35. The summed E-state index contributed by atoms with van der Waals surface area (Å²) in [5.74, 6) is 1.14. The first-order valence-electron chi connectivity index (χ1n) is 7.63. The summed E-state index contributed by atoms with van der Waals surface area (Å²) in [6.07, 6.45) is 5.22. The molecular formula is C17H22O3. The number of rotatable bonds is 4. The average molecular weight is 274 g/mol. The molecule has 0 N–H and O–H groups in total. The van der Waals surface area contributed by atoms with Gasteiger partial charge in [0.25, 0.3) is 0 Å². The molecule has 20 heavy (non-hydrogen) atoms. The van der Waals surface area contributed by atoms with Gasteiger partial charge in [0.1, 0.15) is 5.75 Å². The Morgan fingerprint density at radius 2 is 2.30 bits per heavy atom. The number of Topliss-reactive ketones (excluding diaryl/α,β-unsaturated/α-hetero) is 1. The predicted octanol–water partition coefficient (Wildman–Crippen LogP) is 3.62. The van der Waals surface area contributed by atoms with Gasteiger partial charge in [-0.25, -0.2) is 0 Å². The van der Waals surface area contributed by atoms with Crippen molar-refractivity contribution in [2.75, 3.05) is 13.2 Å². The first kappa shape index (κ1) is 13.6. The minimum Gasteiger partial charge on any atom is -0.494 e. The van der Waals surface area contributed by atoms with E-state index in [4.69, 9.17) is 9.47 Å². The first-order chi connectivity index (χ1) is 9.72. The van der Waals surface area contributed by atoms with E-state index < -0.39 is 0 Å². The SMILES string of the molecule is CCOc1cccc(C(=O)C2CCOC3(CCC3)C2)c1. The third-order valence-corrected chi connectivity index (χ3v) is 4.56. The molecule has 0 aromatic heterocycles. The van der Waals surface area contributed by atoms with Gasteiger partial charge in [-0.15, -0.1) is 0 Å². The van der Waals surface area contributed by atoms with Crippen molar-refractivity contribution in [2.45, 2.75) is 44.6 Å². The molecule has 2 fully saturated rings. The number of carbonyl (C=O) groups is 1. The van der Waals surface area contributed by atoms with E-state index in [1.807, 2.05) is 31.2 Å². The van der Waals surface area contributed by atoms with Crippen molar-refractivity contribution in [1.29, 1.82) is 0 Å². The van der Waals surface area contributed by atoms with E-state index in [0.29, 0.717) is 6.61 Å². The summed E-state index contributed by atoms with van der Waals surface area (Å²) in [4.78, 5) is 12.7. The van der Waals surface area contributed by atoms with Crippen molar-refractivity contribution in [1.82, 2.24) is 0 Å². The van der Waals surface area contributed by atoms with Gasteiger partial charge in [-0.05, 0) is 51.2 Å². The molecule has 108 valence electrons. The lowest BCUT2D eigenvalue weighted by atomic mass is 9.70. The Morgan fingerprint density at radius 1 is 1.45 bits per heavy atom. The molecule has 3 nitrogen and oxygen atoms in total. The smallest absolute Gasteiger partial charge is 0.166 e. The highest BCUT2D eigenvalue weighted by atomic mass is 16.5. The van der Waals surface area contributed by atoms with Gasteiger partial charge in [0, 0.05) is 18.1 Å². The summed E-state index contributed by atoms with van der Waals surface area (Å²) in [6.45, 7) is 3.30. The molecule has 1 unspecified atom stereocenters. The summed E-state index contributed by atoms with van der Waals surface area (Å²) < 4.78 is 11.4. The molecule has 0 bridgehead atoms. The van der Waals surface area contributed by atoms with Crippen LogP contribution in [-0.4, -0.2) is 24.6 Å². The van der Waals surface area contributed by atoms with Crippen LogP contribution in [0.5, 0.6) is 5.75 Å². The van der Waals surface area contributed by atoms with Gasteiger partial charge in [-0.3, -0.25) is 4.79 Å². The van der Waals surface area contributed by atoms with Gasteiger partial charge in [0.2, 0.25) is 0 Å². The minimum absolute atomic E-state index is 0.0239. The summed E-state index contributed by atoms with van der Waals surface area (Å²) in [5, 5.41) is 0. The van der Waals surface area contributed by atoms with E-state index in [0.717, 1.165) is 43.6 Å². The van der Waals surface area contributed by atoms with Crippen LogP contribution in [-0.2, 0) is 4.74 Å². The highest BCUT2D eigenvalue weighted by molar-refractivity contribution is 5.98. The quantitative estimate of drug-likeness (QED) is 0.787. The standard InChI is InChI=1S/C17H22O3/c1-2-19-15-6-3-5-13(11-15)16(18)14-7-10-20-17(12-14)8-4-9-17/h3,5-6,11,14H,2,4,7-10,12H2,1H3. The normalized spacial score (nSPS) is 24.1. The fraction of sp³-hybridized carbons (Fsp3) is 0.588. The van der Waals surface area contributed by atoms with Gasteiger partial charge in [-0.1, -0.05) is 12.1 Å². The molecular weight excluding hydrogens is 252 g/mol. The van der Waals surface area contributed by atoms with Crippen LogP contribution in [0.25, 0.3) is 0 Å². The van der Waals surface area contributed by atoms with Crippen LogP contribution in [0.4, 0.5) is 0 Å². The molecule has 1 aliphatic carbocycles. The van der Waals surface area contributed by atoms with Crippen LogP contribution in [0.2, 0.25) is 0 Å². The van der Waals surface area contributed by atoms with E-state index >= 15 is 0 Å². The van der Waals surface area contributed by atoms with Crippen LogP contribution < -0.4 is 4.74 Å². The van der Waals surface area contributed by atoms with E-state index in [2.05, 4.69) is 0 Å². The summed E-state index contributed by atoms with van der Waals surface area (Å²) >= 11 is 0. The van der Waals surface area contributed by atoms with Crippen LogP contribution >= 0.6 is 0 Å². The molecule has 0 radical (unpaired) electrons. The Labute approximate surface area is 120 Å². The Balaban J connectivity index is 1.73. The Morgan fingerprint density at radius 3 is 3.00 bits per heavy atom. The van der Waals surface area contributed by atoms with Crippen LogP contribution in [0, 0.1) is 5.92 Å². The monoisotopic (exact) mass is 274 g/mol. The number of hydrogen-bond acceptors (Lipinski definition) is 3. The van der Waals surface area contributed by atoms with Gasteiger partial charge in [0.05, 0.1) is 12.2 Å². The second kappa shape index (κ2) is 5.57. The maximum Gasteiger partial charge on any atom is 0.166 e. The van der Waals surface area contributed by atoms with Gasteiger partial charge in [0.15, 0.2) is 5.78 Å². The van der Waals surface area contributed by atoms with Crippen molar-refractivity contribution in [3.63, 3.8) is 0 Å². The van der Waals surface area contributed by atoms with E-state index in [1.165, 1.54) is 6.42 Å². The van der Waals surface area contributed by atoms with Gasteiger partial charge in [-0.2, -0.15) is 0 Å². The molecule has 1 saturated carbocycles. The zero-order valence-corrected chi connectivity index (χ0v) is 12.1. The topological polar surface area (TPSA) is 35.5 Å². The van der Waals surface area contributed by atoms with E-state index in [1.54, 1.807) is 0 Å². The number of hydrogen-bond donors (Lipinski definition) is 0. The van der Waals surface area contributed by atoms with E-state index in [-0.39, 0.29) is 17.3 Å². The van der Waals surface area contributed by atoms with Crippen molar-refractivity contribution in [3.8, 4) is 5.75 Å². The summed E-state index contributed by atoms with van der Waals surface area (Å²) in [5.41, 5.74) is 0.799. The maximum atomic E-state index is 12.7. The van der Waals surface area contributed by atoms with Crippen molar-refractivity contribution in [2.24, 2.45) is 5.92 Å². The molecule has 3 rings (SSSR count). The lowest BCUT2D eigenvalue weighted by molar-refractivity contribution is -0.137. The molecule has 1 aliphatic heterocycles. The van der Waals surface area contributed by atoms with Crippen LogP contribution in [0.3, 0.4) is 0 Å². The van der Waals surface area contributed by atoms with Crippen LogP contribution in [0.15, 0.2) is 24.3 Å². The zero-order chi connectivity index (χ0) is 14.0. The largest absolute Gasteiger partial charge is 0.494 e. The number of ether oxygens (including phenoxy) is 2. The molecule has 3 heteroatoms. The average Bonchev–Trinajstić information content (AvgIpc) is 2.46. The highest BCUT2D eigenvalue weighted by Crippen LogP contribution is 2.44. The molecule has 1 aromatic carbocycles. The van der Waals surface area contributed by atoms with Crippen molar-refractivity contribution in [3.05, 3.63) is 29.8 Å². The lowest BCUT2D eigenvalue weighted by Crippen LogP contribution is -2.47. The zero-order valence-electron chi connectivity index (χ0n) is 12.1. The third kappa shape index (κ3) is 2.59. The molecule has 0 amide bonds. The first-order valence-corrected chi connectivity index (χ1v) is 7.63. The molecule has 1 saturated heterocycles. The van der Waals surface area contributed by atoms with Gasteiger partial charge >= 0.3 is 0 Å². The highest BCUT2D eigenvalue weighted by Gasteiger charge is 2.44. The predicted molar refractivity (Wildman–Crippen MR) is 77.2 cm³/mol. The fourth-order valence-corrected chi connectivity index (χ4v) is 3.31. The number of benzene rings is 1. The molecule has 1 heterocycles. The van der Waals surface area contributed by atoms with Crippen molar-refractivity contribution >= 4 is 5.78 Å². The second-order valence-electron chi connectivity index (χ2n) is 5.90. The summed E-state index contributed by atoms with van der Waals surface area (Å²) in [6, 6.07) is 7.57. The van der Waals surface area contributed by atoms with Gasteiger partial charge < -0.3 is 9.47 Å². The fourth-order valence-electron chi connectivity index (χ4n) is 3.31. The van der Waals surface area contributed by atoms with Crippen molar-refractivity contribution < 1.29 is 14.3 Å². The molecule has 1 aromatic rings. The number of carbonyl (C=O) groups excluding carboxylic acids is 1. The minimum atomic E-state index is 0.0239. The Kier molecular flexibility index (Phi) is 3.79. The second-order valence-corrected chi connectivity index (χ2v) is 5.90. The third-order valence-electron chi connectivity index (χ3n) is 4.56. The lowest BCUT2D eigenvalue weighted by Gasteiger charge is -2.46.